The Bertz CT molecular complexity index is 810. The lowest BCUT2D eigenvalue weighted by atomic mass is 10.1. The summed E-state index contributed by atoms with van der Waals surface area (Å²) in [5.41, 5.74) is 5.40. The van der Waals surface area contributed by atoms with E-state index in [0.29, 0.717) is 11.6 Å². The molecule has 0 saturated carbocycles. The summed E-state index contributed by atoms with van der Waals surface area (Å²) >= 11 is 0. The van der Waals surface area contributed by atoms with Gasteiger partial charge in [-0.05, 0) is 55.5 Å². The third kappa shape index (κ3) is 4.83. The molecule has 28 heavy (non-hydrogen) atoms. The van der Waals surface area contributed by atoms with Crippen LogP contribution in [0.2, 0.25) is 0 Å². The number of nitrogens with zero attached hydrogens (tertiary/aromatic N) is 3. The number of carbonyl (C=O) groups is 1. The van der Waals surface area contributed by atoms with Gasteiger partial charge in [0.1, 0.15) is 5.69 Å². The van der Waals surface area contributed by atoms with Crippen LogP contribution in [0.25, 0.3) is 0 Å². The van der Waals surface area contributed by atoms with E-state index in [1.807, 2.05) is 17.0 Å². The number of anilines is 2. The lowest BCUT2D eigenvalue weighted by Crippen LogP contribution is -2.49. The summed E-state index contributed by atoms with van der Waals surface area (Å²) in [4.78, 5) is 21.5. The maximum Gasteiger partial charge on any atom is 0.272 e. The zero-order valence-electron chi connectivity index (χ0n) is 17.5. The fourth-order valence-electron chi connectivity index (χ4n) is 3.55. The number of aryl methyl sites for hydroxylation is 1. The molecule has 1 aliphatic rings. The van der Waals surface area contributed by atoms with Crippen LogP contribution in [0.4, 0.5) is 11.4 Å². The van der Waals surface area contributed by atoms with Crippen LogP contribution in [0.3, 0.4) is 0 Å². The molecule has 0 bridgehead atoms. The van der Waals surface area contributed by atoms with E-state index in [9.17, 15) is 4.79 Å². The molecular weight excluding hydrogens is 348 g/mol. The van der Waals surface area contributed by atoms with Crippen LogP contribution in [0, 0.1) is 19.8 Å². The van der Waals surface area contributed by atoms with Gasteiger partial charge < -0.3 is 15.1 Å². The zero-order chi connectivity index (χ0) is 20.1. The Morgan fingerprint density at radius 2 is 1.89 bits per heavy atom. The first-order chi connectivity index (χ1) is 13.5. The monoisotopic (exact) mass is 380 g/mol. The summed E-state index contributed by atoms with van der Waals surface area (Å²) in [6.07, 6.45) is 2.82. The van der Waals surface area contributed by atoms with E-state index in [0.717, 1.165) is 44.8 Å². The number of hydrogen-bond acceptors (Lipinski definition) is 4. The van der Waals surface area contributed by atoms with E-state index in [2.05, 4.69) is 61.1 Å². The van der Waals surface area contributed by atoms with Gasteiger partial charge in [-0.2, -0.15) is 0 Å². The Balaban J connectivity index is 1.60. The van der Waals surface area contributed by atoms with Crippen molar-refractivity contribution in [2.45, 2.75) is 34.1 Å². The van der Waals surface area contributed by atoms with Crippen LogP contribution in [0.1, 0.15) is 41.9 Å². The maximum atomic E-state index is 12.9. The SMILES string of the molecule is Cc1cccc(N2CCN(C(=O)c3cc(NCCC(C)C)ccn3)CC2)c1C. The van der Waals surface area contributed by atoms with Crippen molar-refractivity contribution in [2.24, 2.45) is 5.92 Å². The van der Waals surface area contributed by atoms with Crippen LogP contribution in [-0.4, -0.2) is 48.5 Å². The Morgan fingerprint density at radius 1 is 1.14 bits per heavy atom. The number of benzene rings is 1. The summed E-state index contributed by atoms with van der Waals surface area (Å²) in [5, 5.41) is 3.40. The zero-order valence-corrected chi connectivity index (χ0v) is 17.5. The van der Waals surface area contributed by atoms with Crippen molar-refractivity contribution in [2.75, 3.05) is 42.9 Å². The van der Waals surface area contributed by atoms with E-state index in [1.54, 1.807) is 6.20 Å². The van der Waals surface area contributed by atoms with E-state index in [1.165, 1.54) is 16.8 Å². The predicted molar refractivity (Wildman–Crippen MR) is 116 cm³/mol. The average Bonchev–Trinajstić information content (AvgIpc) is 2.70. The van der Waals surface area contributed by atoms with Gasteiger partial charge in [0.2, 0.25) is 0 Å². The molecule has 2 aromatic rings. The van der Waals surface area contributed by atoms with Gasteiger partial charge >= 0.3 is 0 Å². The molecule has 150 valence electrons. The highest BCUT2D eigenvalue weighted by molar-refractivity contribution is 5.93. The van der Waals surface area contributed by atoms with Gasteiger partial charge in [-0.3, -0.25) is 9.78 Å². The second kappa shape index (κ2) is 9.09. The van der Waals surface area contributed by atoms with Gasteiger partial charge in [0.25, 0.3) is 5.91 Å². The van der Waals surface area contributed by atoms with Gasteiger partial charge in [-0.15, -0.1) is 0 Å². The number of rotatable bonds is 6. The summed E-state index contributed by atoms with van der Waals surface area (Å²) in [6, 6.07) is 10.2. The smallest absolute Gasteiger partial charge is 0.272 e. The van der Waals surface area contributed by atoms with E-state index >= 15 is 0 Å². The molecule has 0 radical (unpaired) electrons. The Morgan fingerprint density at radius 3 is 2.61 bits per heavy atom. The molecule has 2 heterocycles. The third-order valence-corrected chi connectivity index (χ3v) is 5.51. The van der Waals surface area contributed by atoms with Crippen LogP contribution in [0.15, 0.2) is 36.5 Å². The van der Waals surface area contributed by atoms with Crippen LogP contribution in [-0.2, 0) is 0 Å². The second-order valence-electron chi connectivity index (χ2n) is 8.04. The molecule has 1 saturated heterocycles. The summed E-state index contributed by atoms with van der Waals surface area (Å²) in [5.74, 6) is 0.678. The minimum atomic E-state index is 0.0214. The summed E-state index contributed by atoms with van der Waals surface area (Å²) in [6.45, 7) is 12.8. The molecule has 0 atom stereocenters. The highest BCUT2D eigenvalue weighted by Gasteiger charge is 2.24. The van der Waals surface area contributed by atoms with Crippen molar-refractivity contribution in [3.63, 3.8) is 0 Å². The van der Waals surface area contributed by atoms with Gasteiger partial charge in [-0.1, -0.05) is 26.0 Å². The van der Waals surface area contributed by atoms with Crippen LogP contribution in [0.5, 0.6) is 0 Å². The van der Waals surface area contributed by atoms with Crippen molar-refractivity contribution in [1.29, 1.82) is 0 Å². The van der Waals surface area contributed by atoms with Crippen molar-refractivity contribution >= 4 is 17.3 Å². The fraction of sp³-hybridized carbons (Fsp3) is 0.478. The third-order valence-electron chi connectivity index (χ3n) is 5.51. The Labute approximate surface area is 168 Å². The van der Waals surface area contributed by atoms with Crippen molar-refractivity contribution in [1.82, 2.24) is 9.88 Å². The molecule has 5 nitrogen and oxygen atoms in total. The van der Waals surface area contributed by atoms with Crippen LogP contribution < -0.4 is 10.2 Å². The lowest BCUT2D eigenvalue weighted by Gasteiger charge is -2.37. The first kappa shape index (κ1) is 20.2. The number of nitrogens with one attached hydrogen (secondary N) is 1. The Hall–Kier alpha value is -2.56. The highest BCUT2D eigenvalue weighted by atomic mass is 16.2. The van der Waals surface area contributed by atoms with Gasteiger partial charge in [0.05, 0.1) is 0 Å². The van der Waals surface area contributed by atoms with Crippen LogP contribution >= 0.6 is 0 Å². The average molecular weight is 381 g/mol. The molecule has 3 rings (SSSR count). The number of carbonyl (C=O) groups excluding carboxylic acids is 1. The molecule has 1 amide bonds. The molecule has 1 aromatic heterocycles. The normalized spacial score (nSPS) is 14.5. The number of aromatic nitrogens is 1. The quantitative estimate of drug-likeness (QED) is 0.819. The summed E-state index contributed by atoms with van der Waals surface area (Å²) in [7, 11) is 0. The molecule has 5 heteroatoms. The molecule has 0 spiro atoms. The van der Waals surface area contributed by atoms with Gasteiger partial charge in [0, 0.05) is 50.3 Å². The number of piperazine rings is 1. The van der Waals surface area contributed by atoms with E-state index < -0.39 is 0 Å². The Kier molecular flexibility index (Phi) is 6.55. The molecule has 0 unspecified atom stereocenters. The molecule has 1 N–H and O–H groups in total. The van der Waals surface area contributed by atoms with Gasteiger partial charge in [-0.25, -0.2) is 0 Å². The highest BCUT2D eigenvalue weighted by Crippen LogP contribution is 2.24. The standard InChI is InChI=1S/C23H32N4O/c1-17(2)8-10-24-20-9-11-25-21(16-20)23(28)27-14-12-26(13-15-27)22-7-5-6-18(3)19(22)4/h5-7,9,11,16-17H,8,10,12-15H2,1-4H3,(H,24,25). The topological polar surface area (TPSA) is 48.5 Å². The number of amides is 1. The second-order valence-corrected chi connectivity index (χ2v) is 8.04. The van der Waals surface area contributed by atoms with Crippen molar-refractivity contribution < 1.29 is 4.79 Å². The molecule has 0 aliphatic carbocycles. The molecule has 1 aliphatic heterocycles. The van der Waals surface area contributed by atoms with Crippen molar-refractivity contribution in [3.05, 3.63) is 53.3 Å². The van der Waals surface area contributed by atoms with E-state index in [4.69, 9.17) is 0 Å². The predicted octanol–water partition coefficient (Wildman–Crippen LogP) is 4.12. The molecule has 1 fully saturated rings. The lowest BCUT2D eigenvalue weighted by molar-refractivity contribution is 0.0741. The molecular formula is C23H32N4O. The van der Waals surface area contributed by atoms with Crippen molar-refractivity contribution in [3.8, 4) is 0 Å². The van der Waals surface area contributed by atoms with E-state index in [-0.39, 0.29) is 5.91 Å². The molecule has 1 aromatic carbocycles. The first-order valence-electron chi connectivity index (χ1n) is 10.3. The minimum absolute atomic E-state index is 0.0214. The minimum Gasteiger partial charge on any atom is -0.385 e. The number of hydrogen-bond donors (Lipinski definition) is 1. The maximum absolute atomic E-state index is 12.9. The first-order valence-corrected chi connectivity index (χ1v) is 10.3. The number of pyridine rings is 1. The van der Waals surface area contributed by atoms with Gasteiger partial charge in [0.15, 0.2) is 0 Å². The largest absolute Gasteiger partial charge is 0.385 e. The summed E-state index contributed by atoms with van der Waals surface area (Å²) < 4.78 is 0. The fourth-order valence-corrected chi connectivity index (χ4v) is 3.55.